The molecule has 0 aliphatic carbocycles. The number of nitrogens with zero attached hydrogens (tertiary/aromatic N) is 4. The predicted molar refractivity (Wildman–Crippen MR) is 300 cm³/mol. The smallest absolute Gasteiger partial charge is 0.373 e. The maximum Gasteiger partial charge on any atom is 0.373 e. The van der Waals surface area contributed by atoms with Gasteiger partial charge in [-0.2, -0.15) is 19.2 Å². The van der Waals surface area contributed by atoms with Gasteiger partial charge in [-0.1, -0.05) is 60.7 Å². The van der Waals surface area contributed by atoms with Crippen molar-refractivity contribution in [3.8, 4) is 43.4 Å². The van der Waals surface area contributed by atoms with E-state index in [0.29, 0.717) is 52.7 Å². The summed E-state index contributed by atoms with van der Waals surface area (Å²) in [5, 5.41) is 7.79. The average molecular weight is 1140 g/mol. The van der Waals surface area contributed by atoms with Crippen LogP contribution in [0.3, 0.4) is 0 Å². The van der Waals surface area contributed by atoms with E-state index in [4.69, 9.17) is 43.8 Å². The maximum atomic E-state index is 13.4. The molecule has 0 fully saturated rings. The molecular weight excluding hydrogens is 1090 g/mol. The highest BCUT2D eigenvalue weighted by molar-refractivity contribution is 8.13. The summed E-state index contributed by atoms with van der Waals surface area (Å²) in [7, 11) is -2.22. The van der Waals surface area contributed by atoms with Gasteiger partial charge in [-0.3, -0.25) is 0 Å². The van der Waals surface area contributed by atoms with Crippen molar-refractivity contribution in [2.24, 2.45) is 5.14 Å². The molecule has 0 unspecified atom stereocenters. The van der Waals surface area contributed by atoms with E-state index in [0.717, 1.165) is 70.6 Å². The molecule has 4 aromatic heterocycles. The molecule has 10 aromatic rings. The Bertz CT molecular complexity index is 3920. The third-order valence-electron chi connectivity index (χ3n) is 11.9. The topological polar surface area (TPSA) is 290 Å². The number of primary sulfonamides is 1. The summed E-state index contributed by atoms with van der Waals surface area (Å²) >= 11 is 2.45. The Kier molecular flexibility index (Phi) is 19.1. The van der Waals surface area contributed by atoms with Crippen LogP contribution < -0.4 is 32.3 Å². The summed E-state index contributed by atoms with van der Waals surface area (Å²) in [6.45, 7) is 11.7. The number of anilines is 2. The second-order valence-corrected chi connectivity index (χ2v) is 22.4. The van der Waals surface area contributed by atoms with E-state index < -0.39 is 30.3 Å². The molecule has 10 rings (SSSR count). The molecule has 4 heterocycles. The summed E-state index contributed by atoms with van der Waals surface area (Å²) in [5.41, 5.74) is 6.97. The molecule has 6 aromatic carbocycles. The van der Waals surface area contributed by atoms with Gasteiger partial charge in [-0.15, -0.1) is 22.7 Å². The number of fused-ring (bicyclic) bond motifs is 4. The van der Waals surface area contributed by atoms with Crippen molar-refractivity contribution in [3.63, 3.8) is 0 Å². The lowest BCUT2D eigenvalue weighted by Gasteiger charge is -2.21. The number of benzene rings is 6. The van der Waals surface area contributed by atoms with Gasteiger partial charge in [-0.05, 0) is 99.5 Å². The zero-order valence-corrected chi connectivity index (χ0v) is 45.5. The number of thiazole rings is 2. The Hall–Kier alpha value is -8.01. The summed E-state index contributed by atoms with van der Waals surface area (Å²) in [6.07, 6.45) is 0.500. The third kappa shape index (κ3) is 12.8. The molecular formula is C54H47ClN6O12S4. The molecule has 0 saturated carbocycles. The first kappa shape index (κ1) is 58.3. The monoisotopic (exact) mass is 1130 g/mol. The average Bonchev–Trinajstić information content (AvgIpc) is 4.03. The molecule has 396 valence electrons. The van der Waals surface area contributed by atoms with Crippen LogP contribution in [0.4, 0.5) is 11.4 Å². The van der Waals surface area contributed by atoms with Gasteiger partial charge in [0.05, 0.1) is 30.2 Å². The number of carbonyl (C=O) groups excluding carboxylic acids is 4. The van der Waals surface area contributed by atoms with Gasteiger partial charge in [0, 0.05) is 82.3 Å². The van der Waals surface area contributed by atoms with Crippen molar-refractivity contribution in [2.75, 3.05) is 36.0 Å². The SMILES string of the molecule is CCN(CC)c1ccc2c(-c3ccccc3)c(-c3nc4ccc(S(=O)(=O)Cl)cc4s3)c(=O)oc2c1.CCN(CC)c1ccc2c(-c3ccccc3)c(-c3nc4ccc(S(N)(=O)=O)cc4s3)c(=O)oc2c1.N.O=C=O.O=C=O. The van der Waals surface area contributed by atoms with Crippen LogP contribution in [0.25, 0.3) is 85.8 Å². The van der Waals surface area contributed by atoms with Crippen LogP contribution in [0.15, 0.2) is 162 Å². The van der Waals surface area contributed by atoms with Gasteiger partial charge in [-0.25, -0.2) is 41.5 Å². The van der Waals surface area contributed by atoms with E-state index in [1.165, 1.54) is 46.9 Å². The normalized spacial score (nSPS) is 11.0. The van der Waals surface area contributed by atoms with Gasteiger partial charge in [0.25, 0.3) is 9.05 Å². The number of halogens is 1. The van der Waals surface area contributed by atoms with E-state index >= 15 is 0 Å². The van der Waals surface area contributed by atoms with E-state index in [9.17, 15) is 26.4 Å². The molecule has 0 amide bonds. The first-order valence-electron chi connectivity index (χ1n) is 23.0. The first-order valence-corrected chi connectivity index (χ1v) is 28.5. The molecule has 5 N–H and O–H groups in total. The predicted octanol–water partition coefficient (Wildman–Crippen LogP) is 10.7. The van der Waals surface area contributed by atoms with Gasteiger partial charge < -0.3 is 24.8 Å². The highest BCUT2D eigenvalue weighted by Gasteiger charge is 2.25. The lowest BCUT2D eigenvalue weighted by Crippen LogP contribution is -2.21. The van der Waals surface area contributed by atoms with E-state index in [2.05, 4.69) is 47.5 Å². The quantitative estimate of drug-likeness (QED) is 0.0849. The summed E-state index contributed by atoms with van der Waals surface area (Å²) in [5.74, 6) is 0. The zero-order chi connectivity index (χ0) is 54.9. The minimum absolute atomic E-state index is 0. The Morgan fingerprint density at radius 1 is 0.532 bits per heavy atom. The Labute approximate surface area is 453 Å². The van der Waals surface area contributed by atoms with Crippen molar-refractivity contribution < 1.29 is 44.8 Å². The fraction of sp³-hybridized carbons (Fsp3) is 0.148. The van der Waals surface area contributed by atoms with Crippen LogP contribution >= 0.6 is 33.4 Å². The van der Waals surface area contributed by atoms with Crippen LogP contribution in [0, 0.1) is 0 Å². The van der Waals surface area contributed by atoms with Crippen LogP contribution in [0.1, 0.15) is 27.7 Å². The lowest BCUT2D eigenvalue weighted by atomic mass is 9.97. The van der Waals surface area contributed by atoms with Crippen LogP contribution in [0.2, 0.25) is 0 Å². The van der Waals surface area contributed by atoms with E-state index in [1.54, 1.807) is 12.1 Å². The van der Waals surface area contributed by atoms with Crippen molar-refractivity contribution in [1.29, 1.82) is 0 Å². The van der Waals surface area contributed by atoms with Gasteiger partial charge in [0.2, 0.25) is 10.0 Å². The van der Waals surface area contributed by atoms with Crippen molar-refractivity contribution in [1.82, 2.24) is 16.1 Å². The number of aromatic nitrogens is 2. The number of sulfonamides is 1. The van der Waals surface area contributed by atoms with Gasteiger partial charge >= 0.3 is 23.6 Å². The van der Waals surface area contributed by atoms with Gasteiger partial charge in [0.1, 0.15) is 32.3 Å². The molecule has 77 heavy (non-hydrogen) atoms. The molecule has 0 bridgehead atoms. The number of rotatable bonds is 12. The summed E-state index contributed by atoms with van der Waals surface area (Å²) in [4.78, 5) is 73.0. The van der Waals surface area contributed by atoms with E-state index in [1.807, 2.05) is 97.1 Å². The summed E-state index contributed by atoms with van der Waals surface area (Å²) < 4.78 is 60.1. The molecule has 0 radical (unpaired) electrons. The molecule has 0 saturated heterocycles. The van der Waals surface area contributed by atoms with Crippen LogP contribution in [-0.4, -0.2) is 65.3 Å². The minimum atomic E-state index is -3.89. The van der Waals surface area contributed by atoms with E-state index in [-0.39, 0.29) is 28.2 Å². The standard InChI is InChI=1S/C26H21ClN2O4S2.C26H23N3O4S2.2CO2.H3N/c2*1-3-29(4-2)17-10-12-19-21(14-17)33-26(30)24(23(19)16-8-6-5-7-9-16)25-28-20-13-11-18(35(27,31)32)15-22(20)34-25;2*2-1-3;/h5-15H,3-4H2,1-2H3;5-15H,3-4H2,1-2H3,(H2,27,31,32);;;1H3. The highest BCUT2D eigenvalue weighted by Crippen LogP contribution is 2.42. The molecule has 0 spiro atoms. The Morgan fingerprint density at radius 3 is 1.25 bits per heavy atom. The second-order valence-electron chi connectivity index (χ2n) is 16.2. The fourth-order valence-electron chi connectivity index (χ4n) is 8.50. The van der Waals surface area contributed by atoms with Crippen LogP contribution in [0.5, 0.6) is 0 Å². The summed E-state index contributed by atoms with van der Waals surface area (Å²) in [6, 6.07) is 40.1. The highest BCUT2D eigenvalue weighted by atomic mass is 35.7. The largest absolute Gasteiger partial charge is 0.422 e. The molecule has 0 aliphatic rings. The molecule has 18 nitrogen and oxygen atoms in total. The number of hydrogen-bond acceptors (Lipinski definition) is 19. The lowest BCUT2D eigenvalue weighted by molar-refractivity contribution is -0.193. The van der Waals surface area contributed by atoms with Crippen molar-refractivity contribution in [3.05, 3.63) is 154 Å². The zero-order valence-electron chi connectivity index (χ0n) is 41.5. The maximum absolute atomic E-state index is 13.4. The first-order chi connectivity index (χ1) is 36.4. The third-order valence-corrected chi connectivity index (χ3v) is 16.3. The Balaban J connectivity index is 0.000000224. The number of hydrogen-bond donors (Lipinski definition) is 2. The molecule has 23 heteroatoms. The Morgan fingerprint density at radius 2 is 0.896 bits per heavy atom. The molecule has 0 aliphatic heterocycles. The minimum Gasteiger partial charge on any atom is -0.422 e. The van der Waals surface area contributed by atoms with Crippen LogP contribution in [-0.2, 0) is 38.3 Å². The number of nitrogens with two attached hydrogens (primary N) is 1. The second kappa shape index (κ2) is 25.2. The molecule has 0 atom stereocenters. The van der Waals surface area contributed by atoms with Crippen molar-refractivity contribution >= 4 is 118 Å². The van der Waals surface area contributed by atoms with Crippen molar-refractivity contribution in [2.45, 2.75) is 37.5 Å². The van der Waals surface area contributed by atoms with Gasteiger partial charge in [0.15, 0.2) is 0 Å². The fourth-order valence-corrected chi connectivity index (χ4v) is 12.1.